The highest BCUT2D eigenvalue weighted by Gasteiger charge is 2.25. The van der Waals surface area contributed by atoms with Gasteiger partial charge in [-0.1, -0.05) is 43.2 Å². The first-order valence-electron chi connectivity index (χ1n) is 11.2. The molecular formula is C24H25FN6O3S. The predicted molar refractivity (Wildman–Crippen MR) is 130 cm³/mol. The maximum absolute atomic E-state index is 14.5. The van der Waals surface area contributed by atoms with Gasteiger partial charge < -0.3 is 16.8 Å². The van der Waals surface area contributed by atoms with Gasteiger partial charge in [-0.3, -0.25) is 19.0 Å². The largest absolute Gasteiger partial charge is 0.366 e. The van der Waals surface area contributed by atoms with Gasteiger partial charge >= 0.3 is 0 Å². The van der Waals surface area contributed by atoms with Crippen LogP contribution in [0.1, 0.15) is 58.9 Å². The first-order valence-corrected chi connectivity index (χ1v) is 12.2. The van der Waals surface area contributed by atoms with E-state index in [4.69, 9.17) is 11.5 Å². The van der Waals surface area contributed by atoms with E-state index in [0.29, 0.717) is 16.5 Å². The molecule has 0 radical (unpaired) electrons. The van der Waals surface area contributed by atoms with Gasteiger partial charge in [0.15, 0.2) is 11.0 Å². The number of thioether (sulfide) groups is 1. The van der Waals surface area contributed by atoms with Gasteiger partial charge in [0.2, 0.25) is 17.7 Å². The van der Waals surface area contributed by atoms with Crippen LogP contribution in [0.25, 0.3) is 11.4 Å². The molecule has 1 aromatic heterocycles. The number of carbonyl (C=O) groups excluding carboxylic acids is 3. The number of hydrogen-bond acceptors (Lipinski definition) is 6. The van der Waals surface area contributed by atoms with Crippen molar-refractivity contribution in [3.8, 4) is 11.4 Å². The molecule has 0 atom stereocenters. The smallest absolute Gasteiger partial charge is 0.248 e. The van der Waals surface area contributed by atoms with Crippen LogP contribution in [0.4, 0.5) is 10.1 Å². The van der Waals surface area contributed by atoms with Gasteiger partial charge in [0.05, 0.1) is 11.3 Å². The number of nitrogens with one attached hydrogen (secondary N) is 1. The van der Waals surface area contributed by atoms with Gasteiger partial charge in [-0.05, 0) is 43.2 Å². The molecule has 1 fully saturated rings. The number of aromatic nitrogens is 3. The average molecular weight is 497 g/mol. The van der Waals surface area contributed by atoms with Crippen LogP contribution in [0, 0.1) is 5.82 Å². The molecule has 4 rings (SSSR count). The molecule has 0 unspecified atom stereocenters. The van der Waals surface area contributed by atoms with E-state index in [9.17, 15) is 18.8 Å². The topological polar surface area (TPSA) is 146 Å². The number of halogens is 1. The third-order valence-corrected chi connectivity index (χ3v) is 6.78. The number of benzene rings is 2. The Bertz CT molecular complexity index is 1240. The van der Waals surface area contributed by atoms with Crippen LogP contribution < -0.4 is 16.8 Å². The van der Waals surface area contributed by atoms with Crippen LogP contribution in [0.2, 0.25) is 0 Å². The van der Waals surface area contributed by atoms with Gasteiger partial charge in [0.1, 0.15) is 5.82 Å². The third kappa shape index (κ3) is 5.68. The molecule has 2 aromatic carbocycles. The number of anilines is 1. The highest BCUT2D eigenvalue weighted by Crippen LogP contribution is 2.36. The summed E-state index contributed by atoms with van der Waals surface area (Å²) in [5.41, 5.74) is 11.3. The Labute approximate surface area is 205 Å². The van der Waals surface area contributed by atoms with Gasteiger partial charge in [-0.2, -0.15) is 0 Å². The Morgan fingerprint density at radius 1 is 1.00 bits per heavy atom. The van der Waals surface area contributed by atoms with Crippen LogP contribution in [0.5, 0.6) is 0 Å². The number of carbonyl (C=O) groups is 3. The summed E-state index contributed by atoms with van der Waals surface area (Å²) in [5, 5.41) is 11.7. The van der Waals surface area contributed by atoms with Crippen LogP contribution in [0.15, 0.2) is 47.6 Å². The Morgan fingerprint density at radius 3 is 2.29 bits per heavy atom. The molecule has 1 aliphatic rings. The number of amides is 3. The molecule has 1 aliphatic carbocycles. The SMILES string of the molecule is NC(=O)c1cc(NC(=O)CSc2nnc(-c3ccccc3F)n2C2CCCCC2)cc(C(N)=O)c1. The van der Waals surface area contributed by atoms with Gasteiger partial charge in [0, 0.05) is 22.9 Å². The molecular weight excluding hydrogens is 471 g/mol. The summed E-state index contributed by atoms with van der Waals surface area (Å²) in [6.45, 7) is 0. The Morgan fingerprint density at radius 2 is 1.66 bits per heavy atom. The number of hydrogen-bond donors (Lipinski definition) is 3. The van der Waals surface area contributed by atoms with Gasteiger partial charge in [0.25, 0.3) is 0 Å². The standard InChI is InChI=1S/C24H25FN6O3S/c25-19-9-5-4-8-18(19)23-29-30-24(31(23)17-6-2-1-3-7-17)35-13-20(32)28-16-11-14(21(26)33)10-15(12-16)22(27)34/h4-5,8-12,17H,1-3,6-7,13H2,(H2,26,33)(H2,27,34)(H,28,32). The highest BCUT2D eigenvalue weighted by molar-refractivity contribution is 7.99. The fourth-order valence-electron chi connectivity index (χ4n) is 4.18. The fourth-order valence-corrected chi connectivity index (χ4v) is 4.99. The van der Waals surface area contributed by atoms with E-state index >= 15 is 0 Å². The Balaban J connectivity index is 1.55. The molecule has 0 spiro atoms. The quantitative estimate of drug-likeness (QED) is 0.407. The molecule has 5 N–H and O–H groups in total. The van der Waals surface area contributed by atoms with Crippen LogP contribution in [0.3, 0.4) is 0 Å². The van der Waals surface area contributed by atoms with Crippen LogP contribution in [-0.2, 0) is 4.79 Å². The maximum atomic E-state index is 14.5. The van der Waals surface area contributed by atoms with Crippen LogP contribution in [-0.4, -0.2) is 38.2 Å². The van der Waals surface area contributed by atoms with Crippen LogP contribution >= 0.6 is 11.8 Å². The summed E-state index contributed by atoms with van der Waals surface area (Å²) in [6, 6.07) is 10.6. The first kappa shape index (κ1) is 24.4. The molecule has 3 aromatic rings. The van der Waals surface area contributed by atoms with E-state index < -0.39 is 17.7 Å². The van der Waals surface area contributed by atoms with Crippen molar-refractivity contribution in [2.45, 2.75) is 43.3 Å². The van der Waals surface area contributed by atoms with E-state index in [2.05, 4.69) is 15.5 Å². The summed E-state index contributed by atoms with van der Waals surface area (Å²) >= 11 is 1.18. The van der Waals surface area contributed by atoms with E-state index in [1.807, 2.05) is 4.57 Å². The van der Waals surface area contributed by atoms with E-state index in [-0.39, 0.29) is 34.4 Å². The molecule has 182 valence electrons. The fraction of sp³-hybridized carbons (Fsp3) is 0.292. The molecule has 1 heterocycles. The molecule has 0 bridgehead atoms. The first-order chi connectivity index (χ1) is 16.8. The molecule has 0 aliphatic heterocycles. The monoisotopic (exact) mass is 496 g/mol. The molecule has 0 saturated heterocycles. The lowest BCUT2D eigenvalue weighted by molar-refractivity contribution is -0.113. The Hall–Kier alpha value is -3.73. The molecule has 35 heavy (non-hydrogen) atoms. The van der Waals surface area contributed by atoms with Crippen molar-refractivity contribution in [2.24, 2.45) is 11.5 Å². The second-order valence-electron chi connectivity index (χ2n) is 8.31. The van der Waals surface area contributed by atoms with Crippen molar-refractivity contribution < 1.29 is 18.8 Å². The number of rotatable bonds is 8. The second kappa shape index (κ2) is 10.7. The summed E-state index contributed by atoms with van der Waals surface area (Å²) < 4.78 is 16.5. The lowest BCUT2D eigenvalue weighted by atomic mass is 9.95. The average Bonchev–Trinajstić information content (AvgIpc) is 3.27. The summed E-state index contributed by atoms with van der Waals surface area (Å²) in [4.78, 5) is 35.8. The van der Waals surface area contributed by atoms with Gasteiger partial charge in [-0.25, -0.2) is 4.39 Å². The number of primary amides is 2. The zero-order valence-corrected chi connectivity index (χ0v) is 19.7. The van der Waals surface area contributed by atoms with Crippen molar-refractivity contribution in [2.75, 3.05) is 11.1 Å². The lowest BCUT2D eigenvalue weighted by Crippen LogP contribution is -2.19. The maximum Gasteiger partial charge on any atom is 0.248 e. The van der Waals surface area contributed by atoms with E-state index in [0.717, 1.165) is 32.1 Å². The zero-order chi connectivity index (χ0) is 24.9. The van der Waals surface area contributed by atoms with Crippen molar-refractivity contribution in [3.63, 3.8) is 0 Å². The molecule has 9 nitrogen and oxygen atoms in total. The Kier molecular flexibility index (Phi) is 7.45. The summed E-state index contributed by atoms with van der Waals surface area (Å²) in [5.74, 6) is -1.85. The predicted octanol–water partition coefficient (Wildman–Crippen LogP) is 3.52. The summed E-state index contributed by atoms with van der Waals surface area (Å²) in [7, 11) is 0. The minimum atomic E-state index is -0.751. The van der Waals surface area contributed by atoms with Crippen molar-refractivity contribution in [1.82, 2.24) is 14.8 Å². The van der Waals surface area contributed by atoms with Crippen molar-refractivity contribution >= 4 is 35.2 Å². The molecule has 1 saturated carbocycles. The summed E-state index contributed by atoms with van der Waals surface area (Å²) in [6.07, 6.45) is 5.12. The van der Waals surface area contributed by atoms with E-state index in [1.165, 1.54) is 36.0 Å². The third-order valence-electron chi connectivity index (χ3n) is 5.84. The molecule has 3 amide bonds. The number of nitrogens with two attached hydrogens (primary N) is 2. The minimum Gasteiger partial charge on any atom is -0.366 e. The highest BCUT2D eigenvalue weighted by atomic mass is 32.2. The zero-order valence-electron chi connectivity index (χ0n) is 18.9. The molecule has 11 heteroatoms. The second-order valence-corrected chi connectivity index (χ2v) is 9.25. The number of nitrogens with zero attached hydrogens (tertiary/aromatic N) is 3. The van der Waals surface area contributed by atoms with E-state index in [1.54, 1.807) is 18.2 Å². The minimum absolute atomic E-state index is 0.0190. The van der Waals surface area contributed by atoms with Crippen molar-refractivity contribution in [3.05, 3.63) is 59.4 Å². The normalized spacial score (nSPS) is 14.0. The van der Waals surface area contributed by atoms with Crippen molar-refractivity contribution in [1.29, 1.82) is 0 Å². The van der Waals surface area contributed by atoms with Gasteiger partial charge in [-0.15, -0.1) is 10.2 Å². The lowest BCUT2D eigenvalue weighted by Gasteiger charge is -2.25.